The van der Waals surface area contributed by atoms with Crippen LogP contribution < -0.4 is 15.4 Å². The molecule has 0 atom stereocenters. The Hall–Kier alpha value is -2.67. The van der Waals surface area contributed by atoms with Crippen molar-refractivity contribution in [3.05, 3.63) is 47.7 Å². The first-order valence-electron chi connectivity index (χ1n) is 9.33. The predicted molar refractivity (Wildman–Crippen MR) is 105 cm³/mol. The van der Waals surface area contributed by atoms with Crippen LogP contribution in [0.1, 0.15) is 28.9 Å². The second-order valence-corrected chi connectivity index (χ2v) is 6.83. The molecule has 1 fully saturated rings. The molecule has 1 aliphatic heterocycles. The number of benzene rings is 1. The van der Waals surface area contributed by atoms with Gasteiger partial charge >= 0.3 is 0 Å². The van der Waals surface area contributed by atoms with E-state index in [1.807, 2.05) is 12.1 Å². The van der Waals surface area contributed by atoms with Gasteiger partial charge in [0.15, 0.2) is 5.69 Å². The first-order chi connectivity index (χ1) is 13.2. The maximum absolute atomic E-state index is 11.5. The molecule has 2 aromatic rings. The lowest BCUT2D eigenvalue weighted by Crippen LogP contribution is -2.35. The number of nitrogens with one attached hydrogen (secondary N) is 2. The van der Waals surface area contributed by atoms with E-state index >= 15 is 0 Å². The third-order valence-electron chi connectivity index (χ3n) is 4.97. The van der Waals surface area contributed by atoms with Crippen LogP contribution >= 0.6 is 0 Å². The van der Waals surface area contributed by atoms with Crippen LogP contribution in [0.25, 0.3) is 0 Å². The molecule has 0 spiro atoms. The first kappa shape index (κ1) is 19.1. The highest BCUT2D eigenvalue weighted by Crippen LogP contribution is 2.20. The van der Waals surface area contributed by atoms with E-state index in [2.05, 4.69) is 37.9 Å². The van der Waals surface area contributed by atoms with Gasteiger partial charge in [0.1, 0.15) is 11.6 Å². The summed E-state index contributed by atoms with van der Waals surface area (Å²) < 4.78 is 5.21. The Kier molecular flexibility index (Phi) is 6.59. The summed E-state index contributed by atoms with van der Waals surface area (Å²) >= 11 is 0. The van der Waals surface area contributed by atoms with Gasteiger partial charge in [-0.3, -0.25) is 9.69 Å². The number of anilines is 1. The van der Waals surface area contributed by atoms with E-state index < -0.39 is 0 Å². The molecule has 1 aromatic heterocycles. The highest BCUT2D eigenvalue weighted by atomic mass is 16.5. The maximum atomic E-state index is 11.5. The number of hydrogen-bond acceptors (Lipinski definition) is 6. The van der Waals surface area contributed by atoms with Crippen molar-refractivity contribution in [2.45, 2.75) is 19.4 Å². The Balaban J connectivity index is 1.40. The van der Waals surface area contributed by atoms with Crippen molar-refractivity contribution in [1.82, 2.24) is 20.4 Å². The molecule has 0 aliphatic carbocycles. The molecule has 1 amide bonds. The molecule has 7 heteroatoms. The van der Waals surface area contributed by atoms with E-state index in [0.717, 1.165) is 44.8 Å². The molecule has 0 saturated carbocycles. The lowest BCUT2D eigenvalue weighted by atomic mass is 9.96. The number of rotatable bonds is 7. The van der Waals surface area contributed by atoms with Crippen molar-refractivity contribution < 1.29 is 9.53 Å². The van der Waals surface area contributed by atoms with Gasteiger partial charge in [-0.25, -0.2) is 0 Å². The zero-order chi connectivity index (χ0) is 19.1. The summed E-state index contributed by atoms with van der Waals surface area (Å²) in [4.78, 5) is 14.0. The van der Waals surface area contributed by atoms with Gasteiger partial charge in [0.2, 0.25) is 0 Å². The van der Waals surface area contributed by atoms with Gasteiger partial charge in [-0.2, -0.15) is 0 Å². The van der Waals surface area contributed by atoms with Crippen molar-refractivity contribution in [1.29, 1.82) is 0 Å². The Morgan fingerprint density at radius 1 is 1.15 bits per heavy atom. The summed E-state index contributed by atoms with van der Waals surface area (Å²) in [5, 5.41) is 13.9. The standard InChI is InChI=1S/C20H27N5O2/c1-21-20(26)18-7-8-19(24-23-18)22-13-15-9-11-25(12-10-15)14-16-3-5-17(27-2)6-4-16/h3-8,15H,9-14H2,1-2H3,(H,21,26)(H,22,24). The number of nitrogens with zero attached hydrogens (tertiary/aromatic N) is 3. The minimum Gasteiger partial charge on any atom is -0.497 e. The number of hydrogen-bond donors (Lipinski definition) is 2. The highest BCUT2D eigenvalue weighted by Gasteiger charge is 2.19. The SMILES string of the molecule is CNC(=O)c1ccc(NCC2CCN(Cc3ccc(OC)cc3)CC2)nn1. The Labute approximate surface area is 160 Å². The van der Waals surface area contributed by atoms with Crippen molar-refractivity contribution >= 4 is 11.7 Å². The second-order valence-electron chi connectivity index (χ2n) is 6.83. The molecule has 144 valence electrons. The summed E-state index contributed by atoms with van der Waals surface area (Å²) in [5.41, 5.74) is 1.65. The number of piperidine rings is 1. The maximum Gasteiger partial charge on any atom is 0.271 e. The van der Waals surface area contributed by atoms with Crippen LogP contribution in [0.2, 0.25) is 0 Å². The number of likely N-dealkylation sites (tertiary alicyclic amines) is 1. The second kappa shape index (κ2) is 9.32. The van der Waals surface area contributed by atoms with E-state index in [0.29, 0.717) is 17.4 Å². The largest absolute Gasteiger partial charge is 0.497 e. The van der Waals surface area contributed by atoms with Gasteiger partial charge in [-0.05, 0) is 61.7 Å². The minimum atomic E-state index is -0.224. The van der Waals surface area contributed by atoms with E-state index in [4.69, 9.17) is 4.74 Å². The molecule has 7 nitrogen and oxygen atoms in total. The number of ether oxygens (including phenoxy) is 1. The molecule has 1 saturated heterocycles. The van der Waals surface area contributed by atoms with Gasteiger partial charge < -0.3 is 15.4 Å². The lowest BCUT2D eigenvalue weighted by Gasteiger charge is -2.32. The molecule has 0 radical (unpaired) electrons. The molecule has 0 unspecified atom stereocenters. The Morgan fingerprint density at radius 2 is 1.89 bits per heavy atom. The number of carbonyl (C=O) groups is 1. The molecule has 3 rings (SSSR count). The van der Waals surface area contributed by atoms with E-state index in [9.17, 15) is 4.79 Å². The third-order valence-corrected chi connectivity index (χ3v) is 4.97. The van der Waals surface area contributed by atoms with Gasteiger partial charge in [0.25, 0.3) is 5.91 Å². The van der Waals surface area contributed by atoms with Gasteiger partial charge in [-0.1, -0.05) is 12.1 Å². The van der Waals surface area contributed by atoms with Crippen LogP contribution in [-0.4, -0.2) is 54.8 Å². The van der Waals surface area contributed by atoms with E-state index in [1.165, 1.54) is 5.56 Å². The summed E-state index contributed by atoms with van der Waals surface area (Å²) in [6.45, 7) is 4.06. The Morgan fingerprint density at radius 3 is 2.48 bits per heavy atom. The normalized spacial score (nSPS) is 15.3. The van der Waals surface area contributed by atoms with Crippen LogP contribution in [0.15, 0.2) is 36.4 Å². The van der Waals surface area contributed by atoms with Crippen LogP contribution in [0.3, 0.4) is 0 Å². The smallest absolute Gasteiger partial charge is 0.271 e. The molecule has 0 bridgehead atoms. The van der Waals surface area contributed by atoms with Crippen molar-refractivity contribution in [3.8, 4) is 5.75 Å². The highest BCUT2D eigenvalue weighted by molar-refractivity contribution is 5.91. The predicted octanol–water partition coefficient (Wildman–Crippen LogP) is 2.17. The fourth-order valence-electron chi connectivity index (χ4n) is 3.26. The summed E-state index contributed by atoms with van der Waals surface area (Å²) in [6, 6.07) is 11.8. The first-order valence-corrected chi connectivity index (χ1v) is 9.33. The van der Waals surface area contributed by atoms with Crippen molar-refractivity contribution in [2.24, 2.45) is 5.92 Å². The van der Waals surface area contributed by atoms with E-state index in [-0.39, 0.29) is 5.91 Å². The number of methoxy groups -OCH3 is 1. The molecule has 1 aromatic carbocycles. The quantitative estimate of drug-likeness (QED) is 0.779. The number of carbonyl (C=O) groups excluding carboxylic acids is 1. The lowest BCUT2D eigenvalue weighted by molar-refractivity contribution is 0.0957. The zero-order valence-corrected chi connectivity index (χ0v) is 15.9. The van der Waals surface area contributed by atoms with Crippen molar-refractivity contribution in [2.75, 3.05) is 39.1 Å². The summed E-state index contributed by atoms with van der Waals surface area (Å²) in [5.74, 6) is 2.01. The molecule has 1 aliphatic rings. The third kappa shape index (κ3) is 5.40. The average molecular weight is 369 g/mol. The number of aromatic nitrogens is 2. The van der Waals surface area contributed by atoms with Gasteiger partial charge in [-0.15, -0.1) is 10.2 Å². The topological polar surface area (TPSA) is 79.4 Å². The molecular weight excluding hydrogens is 342 g/mol. The van der Waals surface area contributed by atoms with Crippen LogP contribution in [0, 0.1) is 5.92 Å². The molecular formula is C20H27N5O2. The van der Waals surface area contributed by atoms with Gasteiger partial charge in [0, 0.05) is 20.1 Å². The van der Waals surface area contributed by atoms with Crippen LogP contribution in [-0.2, 0) is 6.54 Å². The van der Waals surface area contributed by atoms with Crippen LogP contribution in [0.5, 0.6) is 5.75 Å². The molecule has 27 heavy (non-hydrogen) atoms. The van der Waals surface area contributed by atoms with E-state index in [1.54, 1.807) is 26.3 Å². The molecule has 2 heterocycles. The van der Waals surface area contributed by atoms with Crippen LogP contribution in [0.4, 0.5) is 5.82 Å². The van der Waals surface area contributed by atoms with Crippen molar-refractivity contribution in [3.63, 3.8) is 0 Å². The van der Waals surface area contributed by atoms with Gasteiger partial charge in [0.05, 0.1) is 7.11 Å². The molecule has 2 N–H and O–H groups in total. The monoisotopic (exact) mass is 369 g/mol. The minimum absolute atomic E-state index is 0.224. The summed E-state index contributed by atoms with van der Waals surface area (Å²) in [6.07, 6.45) is 2.32. The zero-order valence-electron chi connectivity index (χ0n) is 15.9. The summed E-state index contributed by atoms with van der Waals surface area (Å²) in [7, 11) is 3.27. The Bertz CT molecular complexity index is 725. The number of amides is 1. The average Bonchev–Trinajstić information content (AvgIpc) is 2.73. The fourth-order valence-corrected chi connectivity index (χ4v) is 3.26. The fraction of sp³-hybridized carbons (Fsp3) is 0.450.